The molecule has 0 aromatic rings. The molecule has 4 heavy (non-hydrogen) atoms. The van der Waals surface area contributed by atoms with E-state index in [4.69, 9.17) is 0 Å². The molecule has 0 aromatic heterocycles. The molecule has 0 bridgehead atoms. The summed E-state index contributed by atoms with van der Waals surface area (Å²) in [5, 5.41) is 0. The fraction of sp³-hybridized carbons (Fsp3) is 1.00. The molecule has 0 nitrogen and oxygen atoms in total. The van der Waals surface area contributed by atoms with E-state index in [-0.39, 0.29) is 0 Å². The Hall–Kier alpha value is 1.56. The zero-order valence-electron chi connectivity index (χ0n) is 1.93. The summed E-state index contributed by atoms with van der Waals surface area (Å²) in [6.45, 7) is 0. The van der Waals surface area contributed by atoms with Crippen LogP contribution in [0.1, 0.15) is 0 Å². The van der Waals surface area contributed by atoms with Gasteiger partial charge in [0.25, 0.3) is 0 Å². The normalized spacial score (nSPS) is 24.0. The van der Waals surface area contributed by atoms with Crippen molar-refractivity contribution in [1.29, 1.82) is 0 Å². The van der Waals surface area contributed by atoms with E-state index in [1.54, 1.807) is 4.22 Å². The van der Waals surface area contributed by atoms with Crippen LogP contribution >= 0.6 is 0 Å². The van der Waals surface area contributed by atoms with Crippen molar-refractivity contribution >= 4 is 37.6 Å². The number of hydrogen-bond acceptors (Lipinski definition) is 0. The van der Waals surface area contributed by atoms with Crippen LogP contribution in [0.3, 0.4) is 0 Å². The van der Waals surface area contributed by atoms with Crippen molar-refractivity contribution in [3.8, 4) is 0 Å². The molecule has 24 valence electrons. The van der Waals surface area contributed by atoms with Gasteiger partial charge in [-0.3, -0.25) is 0 Å². The van der Waals surface area contributed by atoms with E-state index in [0.717, 1.165) is 0 Å². The minimum absolute atomic E-state index is 1.19. The minimum atomic E-state index is 1.19. The Morgan fingerprint density at radius 2 is 1.50 bits per heavy atom. The van der Waals surface area contributed by atoms with Crippen molar-refractivity contribution < 1.29 is 0 Å². The van der Waals surface area contributed by atoms with Crippen molar-refractivity contribution in [2.45, 2.75) is 4.22 Å². The summed E-state index contributed by atoms with van der Waals surface area (Å²) in [5.74, 6) is 0. The predicted octanol–water partition coefficient (Wildman–Crippen LogP) is -0.682. The van der Waals surface area contributed by atoms with Gasteiger partial charge in [0.05, 0.1) is 0 Å². The molecule has 0 aliphatic carbocycles. The van der Waals surface area contributed by atoms with Crippen LogP contribution < -0.4 is 0 Å². The molecular formula is CH2Se3. The van der Waals surface area contributed by atoms with Crippen LogP contribution in [0, 0.1) is 0 Å². The molecule has 1 aliphatic rings. The van der Waals surface area contributed by atoms with Crippen molar-refractivity contribution in [2.24, 2.45) is 0 Å². The van der Waals surface area contributed by atoms with E-state index in [2.05, 4.69) is 0 Å². The molecule has 1 rings (SSSR count). The van der Waals surface area contributed by atoms with E-state index in [1.807, 2.05) is 0 Å². The van der Waals surface area contributed by atoms with Gasteiger partial charge in [0, 0.05) is 0 Å². The van der Waals surface area contributed by atoms with Crippen LogP contribution in [0.15, 0.2) is 0 Å². The van der Waals surface area contributed by atoms with Crippen molar-refractivity contribution in [3.63, 3.8) is 0 Å². The second-order valence-corrected chi connectivity index (χ2v) is 19.1. The predicted molar refractivity (Wildman–Crippen MR) is 22.1 cm³/mol. The molecule has 1 heterocycles. The summed E-state index contributed by atoms with van der Waals surface area (Å²) in [7, 11) is 0. The molecule has 0 amide bonds. The maximum absolute atomic E-state index is 1.65. The maximum atomic E-state index is 1.65. The van der Waals surface area contributed by atoms with E-state index in [0.29, 0.717) is 0 Å². The third kappa shape index (κ3) is 0.754. The van der Waals surface area contributed by atoms with Crippen molar-refractivity contribution in [1.82, 2.24) is 0 Å². The van der Waals surface area contributed by atoms with Gasteiger partial charge in [0.15, 0.2) is 0 Å². The quantitative estimate of drug-likeness (QED) is 0.500. The van der Waals surface area contributed by atoms with Gasteiger partial charge in [0.2, 0.25) is 0 Å². The molecule has 1 fully saturated rings. The fourth-order valence-corrected chi connectivity index (χ4v) is 6.75. The summed E-state index contributed by atoms with van der Waals surface area (Å²) < 4.78 is 1.65. The average Bonchev–Trinajstić information content (AvgIpc) is 0.722. The number of hydrogen-bond donors (Lipinski definition) is 0. The van der Waals surface area contributed by atoms with Gasteiger partial charge in [-0.05, 0) is 0 Å². The Balaban J connectivity index is 2.00. The Kier molecular flexibility index (Phi) is 1.75. The molecule has 0 atom stereocenters. The van der Waals surface area contributed by atoms with Gasteiger partial charge in [-0.25, -0.2) is 0 Å². The van der Waals surface area contributed by atoms with E-state index in [1.165, 1.54) is 37.6 Å². The summed E-state index contributed by atoms with van der Waals surface area (Å²) in [6, 6.07) is 0. The Morgan fingerprint density at radius 1 is 1.25 bits per heavy atom. The molecular weight excluding hydrogens is 249 g/mol. The van der Waals surface area contributed by atoms with E-state index < -0.39 is 0 Å². The van der Waals surface area contributed by atoms with Gasteiger partial charge in [-0.2, -0.15) is 0 Å². The zero-order valence-corrected chi connectivity index (χ0v) is 7.07. The van der Waals surface area contributed by atoms with Crippen LogP contribution in [0.2, 0.25) is 4.22 Å². The van der Waals surface area contributed by atoms with Crippen molar-refractivity contribution in [3.05, 3.63) is 0 Å². The second kappa shape index (κ2) is 1.87. The van der Waals surface area contributed by atoms with Gasteiger partial charge >= 0.3 is 41.8 Å². The molecule has 0 aromatic carbocycles. The molecule has 0 N–H and O–H groups in total. The summed E-state index contributed by atoms with van der Waals surface area (Å²) in [5.41, 5.74) is 0. The van der Waals surface area contributed by atoms with Crippen LogP contribution in [-0.4, -0.2) is 37.6 Å². The monoisotopic (exact) mass is 254 g/mol. The molecule has 0 radical (unpaired) electrons. The Labute approximate surface area is 41.7 Å². The van der Waals surface area contributed by atoms with Crippen LogP contribution in [0.4, 0.5) is 0 Å². The molecule has 0 unspecified atom stereocenters. The van der Waals surface area contributed by atoms with E-state index in [9.17, 15) is 0 Å². The van der Waals surface area contributed by atoms with Crippen LogP contribution in [-0.2, 0) is 0 Å². The average molecular weight is 251 g/mol. The van der Waals surface area contributed by atoms with Crippen LogP contribution in [0.5, 0.6) is 0 Å². The van der Waals surface area contributed by atoms with Gasteiger partial charge in [-0.15, -0.1) is 0 Å². The standard InChI is InChI=1S/CH2Se3/c1-2-4-3-1/h1H2. The third-order valence-electron chi connectivity index (χ3n) is 0.192. The fourth-order valence-electron chi connectivity index (χ4n) is 0.0481. The molecule has 0 saturated carbocycles. The number of rotatable bonds is 0. The first-order valence-electron chi connectivity index (χ1n) is 0.911. The molecule has 0 spiro atoms. The third-order valence-corrected chi connectivity index (χ3v) is 27.0. The zero-order chi connectivity index (χ0) is 2.83. The molecule has 1 saturated heterocycles. The first kappa shape index (κ1) is 3.74. The molecule has 1 aliphatic heterocycles. The SMILES string of the molecule is C1[Se][Se][Se]1. The Morgan fingerprint density at radius 3 is 1.50 bits per heavy atom. The van der Waals surface area contributed by atoms with Crippen LogP contribution in [0.25, 0.3) is 0 Å². The summed E-state index contributed by atoms with van der Waals surface area (Å²) >= 11 is 3.60. The van der Waals surface area contributed by atoms with E-state index >= 15 is 0 Å². The summed E-state index contributed by atoms with van der Waals surface area (Å²) in [4.78, 5) is 0. The van der Waals surface area contributed by atoms with Gasteiger partial charge in [0.1, 0.15) is 0 Å². The first-order valence-corrected chi connectivity index (χ1v) is 12.0. The summed E-state index contributed by atoms with van der Waals surface area (Å²) in [6.07, 6.45) is 0. The Bertz CT molecular complexity index is 11.2. The van der Waals surface area contributed by atoms with Gasteiger partial charge in [-0.1, -0.05) is 0 Å². The molecule has 3 heteroatoms. The second-order valence-electron chi connectivity index (χ2n) is 0.422. The van der Waals surface area contributed by atoms with Gasteiger partial charge < -0.3 is 0 Å². The topological polar surface area (TPSA) is 0 Å². The first-order chi connectivity index (χ1) is 2.00. The van der Waals surface area contributed by atoms with Crippen molar-refractivity contribution in [2.75, 3.05) is 0 Å².